The van der Waals surface area contributed by atoms with E-state index >= 15 is 0 Å². The monoisotopic (exact) mass is 404 g/mol. The summed E-state index contributed by atoms with van der Waals surface area (Å²) in [6, 6.07) is 17.8. The van der Waals surface area contributed by atoms with Crippen molar-refractivity contribution in [2.45, 2.75) is 26.4 Å². The molecule has 0 atom stereocenters. The highest BCUT2D eigenvalue weighted by Crippen LogP contribution is 2.24. The largest absolute Gasteiger partial charge is 0.396 e. The first kappa shape index (κ1) is 19.8. The highest BCUT2D eigenvalue weighted by atomic mass is 16.3. The molecule has 0 aliphatic rings. The van der Waals surface area contributed by atoms with Gasteiger partial charge in [0.25, 0.3) is 5.56 Å². The normalized spacial score (nSPS) is 11.3. The zero-order valence-corrected chi connectivity index (χ0v) is 17.1. The van der Waals surface area contributed by atoms with E-state index in [4.69, 9.17) is 4.98 Å². The third-order valence-corrected chi connectivity index (χ3v) is 5.27. The van der Waals surface area contributed by atoms with E-state index in [1.54, 1.807) is 7.05 Å². The molecule has 7 heteroatoms. The first-order valence-electron chi connectivity index (χ1n) is 9.93. The molecule has 0 saturated heterocycles. The van der Waals surface area contributed by atoms with Crippen LogP contribution in [0.4, 0.5) is 0 Å². The van der Waals surface area contributed by atoms with Crippen molar-refractivity contribution in [3.05, 3.63) is 86.6 Å². The van der Waals surface area contributed by atoms with E-state index in [9.17, 15) is 14.7 Å². The number of hydrogen-bond donors (Lipinski definition) is 1. The first-order chi connectivity index (χ1) is 14.5. The number of aliphatic hydroxyl groups is 1. The summed E-state index contributed by atoms with van der Waals surface area (Å²) < 4.78 is 4.47. The van der Waals surface area contributed by atoms with Crippen molar-refractivity contribution in [1.29, 1.82) is 0 Å². The second-order valence-electron chi connectivity index (χ2n) is 7.42. The molecule has 4 aromatic rings. The molecule has 0 unspecified atom stereocenters. The second kappa shape index (κ2) is 8.12. The maximum absolute atomic E-state index is 13.3. The fraction of sp³-hybridized carbons (Fsp3) is 0.261. The van der Waals surface area contributed by atoms with Crippen LogP contribution in [0.25, 0.3) is 22.6 Å². The molecule has 0 fully saturated rings. The Hall–Kier alpha value is -3.45. The van der Waals surface area contributed by atoms with Crippen LogP contribution in [0.3, 0.4) is 0 Å². The van der Waals surface area contributed by atoms with Gasteiger partial charge < -0.3 is 9.67 Å². The number of benzene rings is 2. The summed E-state index contributed by atoms with van der Waals surface area (Å²) in [6.45, 7) is 2.54. The zero-order chi connectivity index (χ0) is 21.3. The summed E-state index contributed by atoms with van der Waals surface area (Å²) in [5, 5.41) is 9.17. The summed E-state index contributed by atoms with van der Waals surface area (Å²) in [6.07, 6.45) is 0.332. The standard InChI is InChI=1S/C23H24N4O3/c1-16-9-11-18(12-10-16)20-24-21-19(27(20)15-17-7-4-3-5-8-17)22(29)26(13-6-14-28)23(30)25(21)2/h3-5,7-12,28H,6,13-15H2,1-2H3. The molecule has 4 rings (SSSR count). The van der Waals surface area contributed by atoms with E-state index < -0.39 is 5.69 Å². The summed E-state index contributed by atoms with van der Waals surface area (Å²) in [4.78, 5) is 30.8. The molecular formula is C23H24N4O3. The van der Waals surface area contributed by atoms with Crippen LogP contribution in [0, 0.1) is 6.92 Å². The van der Waals surface area contributed by atoms with E-state index in [2.05, 4.69) is 0 Å². The van der Waals surface area contributed by atoms with Crippen LogP contribution in [0.2, 0.25) is 0 Å². The van der Waals surface area contributed by atoms with Crippen molar-refractivity contribution in [3.8, 4) is 11.4 Å². The Labute approximate surface area is 173 Å². The summed E-state index contributed by atoms with van der Waals surface area (Å²) in [7, 11) is 1.62. The molecular weight excluding hydrogens is 380 g/mol. The maximum Gasteiger partial charge on any atom is 0.332 e. The van der Waals surface area contributed by atoms with Crippen LogP contribution < -0.4 is 11.2 Å². The van der Waals surface area contributed by atoms with E-state index in [1.807, 2.05) is 66.1 Å². The van der Waals surface area contributed by atoms with Crippen molar-refractivity contribution < 1.29 is 5.11 Å². The van der Waals surface area contributed by atoms with Crippen molar-refractivity contribution in [1.82, 2.24) is 18.7 Å². The van der Waals surface area contributed by atoms with Gasteiger partial charge in [-0.1, -0.05) is 60.2 Å². The van der Waals surface area contributed by atoms with Crippen LogP contribution in [0.15, 0.2) is 64.2 Å². The number of aryl methyl sites for hydroxylation is 2. The minimum Gasteiger partial charge on any atom is -0.396 e. The third kappa shape index (κ3) is 3.48. The topological polar surface area (TPSA) is 82.1 Å². The van der Waals surface area contributed by atoms with Gasteiger partial charge in [-0.2, -0.15) is 0 Å². The van der Waals surface area contributed by atoms with Crippen molar-refractivity contribution in [3.63, 3.8) is 0 Å². The number of aromatic nitrogens is 4. The van der Waals surface area contributed by atoms with Crippen LogP contribution in [0.1, 0.15) is 17.5 Å². The molecule has 0 aliphatic heterocycles. The third-order valence-electron chi connectivity index (χ3n) is 5.27. The fourth-order valence-electron chi connectivity index (χ4n) is 3.64. The molecule has 2 heterocycles. The SMILES string of the molecule is Cc1ccc(-c2nc3c(c(=O)n(CCCO)c(=O)n3C)n2Cc2ccccc2)cc1. The summed E-state index contributed by atoms with van der Waals surface area (Å²) in [5.41, 5.74) is 2.96. The molecule has 0 bridgehead atoms. The second-order valence-corrected chi connectivity index (χ2v) is 7.42. The van der Waals surface area contributed by atoms with E-state index in [0.29, 0.717) is 30.0 Å². The van der Waals surface area contributed by atoms with Gasteiger partial charge in [0.1, 0.15) is 5.82 Å². The molecule has 0 aliphatic carbocycles. The van der Waals surface area contributed by atoms with Crippen LogP contribution >= 0.6 is 0 Å². The molecule has 7 nitrogen and oxygen atoms in total. The van der Waals surface area contributed by atoms with Crippen molar-refractivity contribution in [2.24, 2.45) is 7.05 Å². The quantitative estimate of drug-likeness (QED) is 0.535. The van der Waals surface area contributed by atoms with Gasteiger partial charge in [-0.3, -0.25) is 13.9 Å². The van der Waals surface area contributed by atoms with E-state index in [-0.39, 0.29) is 18.7 Å². The molecule has 0 saturated carbocycles. The average Bonchev–Trinajstić information content (AvgIpc) is 3.13. The van der Waals surface area contributed by atoms with Crippen LogP contribution in [-0.2, 0) is 20.1 Å². The molecule has 0 amide bonds. The average molecular weight is 404 g/mol. The van der Waals surface area contributed by atoms with Gasteiger partial charge in [0.05, 0.1) is 0 Å². The zero-order valence-electron chi connectivity index (χ0n) is 17.1. The molecule has 0 spiro atoms. The number of hydrogen-bond acceptors (Lipinski definition) is 4. The Bertz CT molecular complexity index is 1300. The number of nitrogens with zero attached hydrogens (tertiary/aromatic N) is 4. The van der Waals surface area contributed by atoms with E-state index in [1.165, 1.54) is 9.13 Å². The van der Waals surface area contributed by atoms with Gasteiger partial charge in [-0.15, -0.1) is 0 Å². The Morgan fingerprint density at radius 2 is 1.67 bits per heavy atom. The Morgan fingerprint density at radius 1 is 0.967 bits per heavy atom. The Morgan fingerprint density at radius 3 is 2.33 bits per heavy atom. The van der Waals surface area contributed by atoms with Crippen LogP contribution in [0.5, 0.6) is 0 Å². The van der Waals surface area contributed by atoms with Crippen molar-refractivity contribution >= 4 is 11.2 Å². The van der Waals surface area contributed by atoms with Gasteiger partial charge in [0.15, 0.2) is 11.2 Å². The van der Waals surface area contributed by atoms with Crippen LogP contribution in [-0.4, -0.2) is 30.4 Å². The maximum atomic E-state index is 13.3. The molecule has 0 radical (unpaired) electrons. The highest BCUT2D eigenvalue weighted by Gasteiger charge is 2.21. The molecule has 2 aromatic heterocycles. The van der Waals surface area contributed by atoms with Gasteiger partial charge in [-0.05, 0) is 18.9 Å². The minimum atomic E-state index is -0.430. The summed E-state index contributed by atoms with van der Waals surface area (Å²) in [5.74, 6) is 0.640. The van der Waals surface area contributed by atoms with Gasteiger partial charge in [0, 0.05) is 32.3 Å². The lowest BCUT2D eigenvalue weighted by molar-refractivity contribution is 0.277. The first-order valence-corrected chi connectivity index (χ1v) is 9.93. The molecule has 2 aromatic carbocycles. The van der Waals surface area contributed by atoms with Gasteiger partial charge >= 0.3 is 5.69 Å². The molecule has 30 heavy (non-hydrogen) atoms. The lowest BCUT2D eigenvalue weighted by Crippen LogP contribution is -2.39. The Kier molecular flexibility index (Phi) is 5.37. The van der Waals surface area contributed by atoms with Crippen molar-refractivity contribution in [2.75, 3.05) is 6.61 Å². The predicted octanol–water partition coefficient (Wildman–Crippen LogP) is 2.30. The predicted molar refractivity (Wildman–Crippen MR) is 117 cm³/mol. The lowest BCUT2D eigenvalue weighted by atomic mass is 10.1. The number of aliphatic hydroxyl groups excluding tert-OH is 1. The molecule has 1 N–H and O–H groups in total. The fourth-order valence-corrected chi connectivity index (χ4v) is 3.64. The highest BCUT2D eigenvalue weighted by molar-refractivity contribution is 5.77. The Balaban J connectivity index is 2.03. The number of fused-ring (bicyclic) bond motifs is 1. The minimum absolute atomic E-state index is 0.0917. The number of rotatable bonds is 6. The summed E-state index contributed by atoms with van der Waals surface area (Å²) >= 11 is 0. The lowest BCUT2D eigenvalue weighted by Gasteiger charge is -2.11. The number of imidazole rings is 1. The smallest absolute Gasteiger partial charge is 0.332 e. The molecule has 154 valence electrons. The van der Waals surface area contributed by atoms with Gasteiger partial charge in [-0.25, -0.2) is 9.78 Å². The van der Waals surface area contributed by atoms with Gasteiger partial charge in [0.2, 0.25) is 0 Å². The van der Waals surface area contributed by atoms with E-state index in [0.717, 1.165) is 16.7 Å².